The van der Waals surface area contributed by atoms with Gasteiger partial charge in [0.2, 0.25) is 0 Å². The van der Waals surface area contributed by atoms with Crippen molar-refractivity contribution in [2.75, 3.05) is 19.6 Å². The van der Waals surface area contributed by atoms with E-state index in [1.807, 2.05) is 24.3 Å². The lowest BCUT2D eigenvalue weighted by atomic mass is 9.74. The first-order chi connectivity index (χ1) is 10.1. The summed E-state index contributed by atoms with van der Waals surface area (Å²) in [5.41, 5.74) is 1.59. The van der Waals surface area contributed by atoms with Crippen LogP contribution in [0.4, 0.5) is 0 Å². The second-order valence-corrected chi connectivity index (χ2v) is 7.32. The van der Waals surface area contributed by atoms with Gasteiger partial charge in [0, 0.05) is 11.0 Å². The number of hydrogen-bond acceptors (Lipinski definition) is 2. The molecule has 0 bridgehead atoms. The summed E-state index contributed by atoms with van der Waals surface area (Å²) in [6.45, 7) is 8.03. The Morgan fingerprint density at radius 2 is 1.90 bits per heavy atom. The summed E-state index contributed by atoms with van der Waals surface area (Å²) < 4.78 is 1.03. The first-order valence-corrected chi connectivity index (χ1v) is 9.04. The molecule has 0 amide bonds. The zero-order valence-corrected chi connectivity index (χ0v) is 14.9. The molecule has 1 aliphatic rings. The maximum atomic E-state index is 10.3. The van der Waals surface area contributed by atoms with Crippen molar-refractivity contribution in [1.82, 2.24) is 4.90 Å². The molecule has 0 saturated carbocycles. The van der Waals surface area contributed by atoms with Crippen LogP contribution in [0.25, 0.3) is 0 Å². The number of hydrogen-bond donors (Lipinski definition) is 1. The molecule has 1 fully saturated rings. The van der Waals surface area contributed by atoms with Crippen molar-refractivity contribution in [3.05, 3.63) is 34.3 Å². The van der Waals surface area contributed by atoms with Gasteiger partial charge >= 0.3 is 0 Å². The van der Waals surface area contributed by atoms with Crippen molar-refractivity contribution in [2.45, 2.75) is 52.1 Å². The van der Waals surface area contributed by atoms with Crippen molar-refractivity contribution in [1.29, 1.82) is 0 Å². The molecule has 1 heterocycles. The van der Waals surface area contributed by atoms with Gasteiger partial charge in [-0.25, -0.2) is 0 Å². The van der Waals surface area contributed by atoms with Crippen molar-refractivity contribution in [3.8, 4) is 0 Å². The number of aliphatic hydroxyl groups excluding tert-OH is 1. The Balaban J connectivity index is 1.79. The van der Waals surface area contributed by atoms with E-state index in [9.17, 15) is 5.11 Å². The average molecular weight is 354 g/mol. The van der Waals surface area contributed by atoms with E-state index in [0.717, 1.165) is 23.0 Å². The molecule has 2 rings (SSSR count). The van der Waals surface area contributed by atoms with Gasteiger partial charge in [-0.3, -0.25) is 0 Å². The molecule has 3 heteroatoms. The number of nitrogens with zero attached hydrogens (tertiary/aromatic N) is 1. The third-order valence-corrected chi connectivity index (χ3v) is 5.86. The monoisotopic (exact) mass is 353 g/mol. The van der Waals surface area contributed by atoms with Gasteiger partial charge in [0.05, 0.1) is 6.10 Å². The predicted molar refractivity (Wildman–Crippen MR) is 92.4 cm³/mol. The quantitative estimate of drug-likeness (QED) is 0.795. The van der Waals surface area contributed by atoms with E-state index in [2.05, 4.69) is 34.7 Å². The van der Waals surface area contributed by atoms with Crippen LogP contribution in [0.3, 0.4) is 0 Å². The highest BCUT2D eigenvalue weighted by Gasteiger charge is 2.31. The molecule has 1 N–H and O–H groups in total. The minimum absolute atomic E-state index is 0.355. The second kappa shape index (κ2) is 7.75. The minimum Gasteiger partial charge on any atom is -0.388 e. The van der Waals surface area contributed by atoms with E-state index in [4.69, 9.17) is 0 Å². The summed E-state index contributed by atoms with van der Waals surface area (Å²) in [6.07, 6.45) is 5.70. The van der Waals surface area contributed by atoms with E-state index in [1.165, 1.54) is 38.8 Å². The lowest BCUT2D eigenvalue weighted by molar-refractivity contribution is 0.0781. The number of halogens is 1. The van der Waals surface area contributed by atoms with Crippen LogP contribution in [0.5, 0.6) is 0 Å². The van der Waals surface area contributed by atoms with E-state index >= 15 is 0 Å². The highest BCUT2D eigenvalue weighted by Crippen LogP contribution is 2.38. The number of rotatable bonds is 6. The van der Waals surface area contributed by atoms with E-state index in [-0.39, 0.29) is 6.10 Å². The maximum Gasteiger partial charge on any atom is 0.0802 e. The molecule has 0 aliphatic carbocycles. The van der Waals surface area contributed by atoms with Crippen molar-refractivity contribution < 1.29 is 5.11 Å². The van der Waals surface area contributed by atoms with Gasteiger partial charge < -0.3 is 10.0 Å². The molecule has 1 aliphatic heterocycles. The Labute approximate surface area is 137 Å². The Kier molecular flexibility index (Phi) is 6.27. The average Bonchev–Trinajstić information content (AvgIpc) is 2.53. The zero-order chi connectivity index (χ0) is 15.3. The lowest BCUT2D eigenvalue weighted by Gasteiger charge is -2.41. The maximum absolute atomic E-state index is 10.3. The summed E-state index contributed by atoms with van der Waals surface area (Å²) in [5, 5.41) is 10.3. The molecule has 2 nitrogen and oxygen atoms in total. The summed E-state index contributed by atoms with van der Waals surface area (Å²) in [5.74, 6) is 0. The number of aliphatic hydroxyl groups is 1. The van der Waals surface area contributed by atoms with Crippen LogP contribution in [0.2, 0.25) is 0 Å². The van der Waals surface area contributed by atoms with Crippen LogP contribution in [0.15, 0.2) is 28.7 Å². The van der Waals surface area contributed by atoms with Gasteiger partial charge in [-0.05, 0) is 55.5 Å². The predicted octanol–water partition coefficient (Wildman–Crippen LogP) is 4.77. The molecule has 0 radical (unpaired) electrons. The van der Waals surface area contributed by atoms with Crippen LogP contribution >= 0.6 is 15.9 Å². The van der Waals surface area contributed by atoms with Crippen LogP contribution < -0.4 is 0 Å². The number of benzene rings is 1. The van der Waals surface area contributed by atoms with E-state index in [0.29, 0.717) is 5.41 Å². The van der Waals surface area contributed by atoms with Crippen molar-refractivity contribution in [3.63, 3.8) is 0 Å². The number of piperidine rings is 1. The molecule has 21 heavy (non-hydrogen) atoms. The number of likely N-dealkylation sites (tertiary alicyclic amines) is 1. The van der Waals surface area contributed by atoms with Crippen LogP contribution in [0, 0.1) is 5.41 Å². The molecular weight excluding hydrogens is 326 g/mol. The smallest absolute Gasteiger partial charge is 0.0802 e. The van der Waals surface area contributed by atoms with Gasteiger partial charge in [-0.15, -0.1) is 0 Å². The Morgan fingerprint density at radius 1 is 1.24 bits per heavy atom. The molecule has 1 unspecified atom stereocenters. The van der Waals surface area contributed by atoms with Crippen molar-refractivity contribution >= 4 is 15.9 Å². The largest absolute Gasteiger partial charge is 0.388 e. The normalized spacial score (nSPS) is 20.4. The molecule has 118 valence electrons. The lowest BCUT2D eigenvalue weighted by Crippen LogP contribution is -2.40. The standard InChI is InChI=1S/C18H28BrNO/c1-3-18(4-2)9-12-20(13-10-18)11-8-17(21)15-6-5-7-16(19)14-15/h5-7,14,17,21H,3-4,8-13H2,1-2H3. The van der Waals surface area contributed by atoms with Gasteiger partial charge in [-0.1, -0.05) is 54.8 Å². The molecule has 1 aromatic rings. The summed E-state index contributed by atoms with van der Waals surface area (Å²) in [4.78, 5) is 2.52. The first-order valence-electron chi connectivity index (χ1n) is 8.24. The third-order valence-electron chi connectivity index (χ3n) is 5.37. The van der Waals surface area contributed by atoms with Crippen LogP contribution in [0.1, 0.15) is 57.6 Å². The molecule has 0 spiro atoms. The highest BCUT2D eigenvalue weighted by molar-refractivity contribution is 9.10. The van der Waals surface area contributed by atoms with Gasteiger partial charge in [0.25, 0.3) is 0 Å². The SMILES string of the molecule is CCC1(CC)CCN(CCC(O)c2cccc(Br)c2)CC1. The van der Waals surface area contributed by atoms with E-state index < -0.39 is 0 Å². The molecular formula is C18H28BrNO. The second-order valence-electron chi connectivity index (χ2n) is 6.41. The molecule has 1 aromatic carbocycles. The minimum atomic E-state index is -0.355. The fourth-order valence-corrected chi connectivity index (χ4v) is 3.81. The van der Waals surface area contributed by atoms with Crippen LogP contribution in [-0.2, 0) is 0 Å². The summed E-state index contributed by atoms with van der Waals surface area (Å²) in [7, 11) is 0. The molecule has 0 aromatic heterocycles. The van der Waals surface area contributed by atoms with Crippen molar-refractivity contribution in [2.24, 2.45) is 5.41 Å². The van der Waals surface area contributed by atoms with Gasteiger partial charge in [-0.2, -0.15) is 0 Å². The fraction of sp³-hybridized carbons (Fsp3) is 0.667. The Bertz CT molecular complexity index is 435. The Hall–Kier alpha value is -0.380. The topological polar surface area (TPSA) is 23.5 Å². The Morgan fingerprint density at radius 3 is 2.48 bits per heavy atom. The van der Waals surface area contributed by atoms with E-state index in [1.54, 1.807) is 0 Å². The van der Waals surface area contributed by atoms with Gasteiger partial charge in [0.1, 0.15) is 0 Å². The summed E-state index contributed by atoms with van der Waals surface area (Å²) in [6, 6.07) is 8.00. The van der Waals surface area contributed by atoms with Gasteiger partial charge in [0.15, 0.2) is 0 Å². The third kappa shape index (κ3) is 4.54. The van der Waals surface area contributed by atoms with Crippen LogP contribution in [-0.4, -0.2) is 29.6 Å². The fourth-order valence-electron chi connectivity index (χ4n) is 3.39. The molecule has 1 atom stereocenters. The zero-order valence-electron chi connectivity index (χ0n) is 13.3. The highest BCUT2D eigenvalue weighted by atomic mass is 79.9. The molecule has 1 saturated heterocycles. The first kappa shape index (κ1) is 17.0. The summed E-state index contributed by atoms with van der Waals surface area (Å²) >= 11 is 3.46.